The standard InChI is InChI=1S/C9H14F2N4O/c1-2-6-5-15(4-3-12-6)9-14-13-8(16-9)7(10)11/h6-7,12H,2-5H2,1H3. The summed E-state index contributed by atoms with van der Waals surface area (Å²) in [5.41, 5.74) is 0. The number of nitrogens with zero attached hydrogens (tertiary/aromatic N) is 3. The summed E-state index contributed by atoms with van der Waals surface area (Å²) < 4.78 is 29.4. The summed E-state index contributed by atoms with van der Waals surface area (Å²) in [5.74, 6) is -0.610. The molecule has 0 aliphatic carbocycles. The fourth-order valence-corrected chi connectivity index (χ4v) is 1.72. The maximum absolute atomic E-state index is 12.3. The minimum atomic E-state index is -2.70. The van der Waals surface area contributed by atoms with Crippen LogP contribution in [-0.4, -0.2) is 35.9 Å². The van der Waals surface area contributed by atoms with Gasteiger partial charge in [-0.05, 0) is 6.42 Å². The lowest BCUT2D eigenvalue weighted by atomic mass is 10.2. The van der Waals surface area contributed by atoms with E-state index in [2.05, 4.69) is 22.4 Å². The molecule has 1 saturated heterocycles. The lowest BCUT2D eigenvalue weighted by Crippen LogP contribution is -2.50. The highest BCUT2D eigenvalue weighted by atomic mass is 19.3. The summed E-state index contributed by atoms with van der Waals surface area (Å²) in [5, 5.41) is 10.3. The van der Waals surface area contributed by atoms with Crippen LogP contribution in [0.5, 0.6) is 0 Å². The summed E-state index contributed by atoms with van der Waals surface area (Å²) in [6.45, 7) is 4.27. The molecule has 1 unspecified atom stereocenters. The van der Waals surface area contributed by atoms with Gasteiger partial charge in [-0.2, -0.15) is 8.78 Å². The number of hydrogen-bond acceptors (Lipinski definition) is 5. The van der Waals surface area contributed by atoms with Crippen molar-refractivity contribution < 1.29 is 13.2 Å². The van der Waals surface area contributed by atoms with Crippen molar-refractivity contribution in [2.24, 2.45) is 0 Å². The minimum Gasteiger partial charge on any atom is -0.402 e. The Morgan fingerprint density at radius 2 is 2.38 bits per heavy atom. The van der Waals surface area contributed by atoms with E-state index < -0.39 is 12.3 Å². The Balaban J connectivity index is 2.05. The van der Waals surface area contributed by atoms with Crippen LogP contribution in [0.1, 0.15) is 25.7 Å². The topological polar surface area (TPSA) is 54.2 Å². The summed E-state index contributed by atoms with van der Waals surface area (Å²) in [6.07, 6.45) is -1.72. The molecule has 5 nitrogen and oxygen atoms in total. The molecule has 16 heavy (non-hydrogen) atoms. The van der Waals surface area contributed by atoms with Gasteiger partial charge < -0.3 is 14.6 Å². The van der Waals surface area contributed by atoms with E-state index in [1.165, 1.54) is 0 Å². The van der Waals surface area contributed by atoms with E-state index in [0.29, 0.717) is 19.1 Å². The summed E-state index contributed by atoms with van der Waals surface area (Å²) >= 11 is 0. The molecular formula is C9H14F2N4O. The number of piperazine rings is 1. The molecule has 1 N–H and O–H groups in total. The molecule has 1 aliphatic heterocycles. The number of alkyl halides is 2. The Hall–Kier alpha value is -1.24. The molecule has 0 spiro atoms. The third-order valence-electron chi connectivity index (χ3n) is 2.64. The zero-order valence-electron chi connectivity index (χ0n) is 8.99. The van der Waals surface area contributed by atoms with E-state index in [9.17, 15) is 8.78 Å². The summed E-state index contributed by atoms with van der Waals surface area (Å²) in [6, 6.07) is 0.533. The highest BCUT2D eigenvalue weighted by Gasteiger charge is 2.24. The van der Waals surface area contributed by atoms with Gasteiger partial charge in [0.2, 0.25) is 0 Å². The second-order valence-electron chi connectivity index (χ2n) is 3.73. The molecular weight excluding hydrogens is 218 g/mol. The van der Waals surface area contributed by atoms with Gasteiger partial charge in [0.05, 0.1) is 0 Å². The van der Waals surface area contributed by atoms with Gasteiger partial charge in [0.1, 0.15) is 0 Å². The van der Waals surface area contributed by atoms with Crippen LogP contribution in [0.4, 0.5) is 14.8 Å². The molecule has 0 saturated carbocycles. The summed E-state index contributed by atoms with van der Waals surface area (Å²) in [4.78, 5) is 1.84. The number of hydrogen-bond donors (Lipinski definition) is 1. The first-order chi connectivity index (χ1) is 7.70. The average Bonchev–Trinajstić information content (AvgIpc) is 2.78. The molecule has 1 aromatic rings. The number of nitrogens with one attached hydrogen (secondary N) is 1. The molecule has 1 aromatic heterocycles. The normalized spacial score (nSPS) is 21.8. The fraction of sp³-hybridized carbons (Fsp3) is 0.778. The first kappa shape index (κ1) is 11.3. The zero-order chi connectivity index (χ0) is 11.5. The van der Waals surface area contributed by atoms with Crippen LogP contribution < -0.4 is 10.2 Å². The van der Waals surface area contributed by atoms with Gasteiger partial charge in [0, 0.05) is 25.7 Å². The molecule has 0 amide bonds. The van der Waals surface area contributed by atoms with Crippen molar-refractivity contribution in [3.8, 4) is 0 Å². The van der Waals surface area contributed by atoms with Crippen molar-refractivity contribution in [2.75, 3.05) is 24.5 Å². The van der Waals surface area contributed by atoms with Gasteiger partial charge in [-0.15, -0.1) is 5.10 Å². The number of anilines is 1. The van der Waals surface area contributed by atoms with Gasteiger partial charge in [-0.3, -0.25) is 0 Å². The van der Waals surface area contributed by atoms with Crippen LogP contribution in [0.3, 0.4) is 0 Å². The van der Waals surface area contributed by atoms with E-state index in [-0.39, 0.29) is 6.01 Å². The molecule has 0 bridgehead atoms. The van der Waals surface area contributed by atoms with E-state index in [1.807, 2.05) is 4.90 Å². The predicted molar refractivity (Wildman–Crippen MR) is 53.5 cm³/mol. The van der Waals surface area contributed by atoms with Crippen LogP contribution in [0.2, 0.25) is 0 Å². The van der Waals surface area contributed by atoms with Gasteiger partial charge in [-0.25, -0.2) is 0 Å². The Kier molecular flexibility index (Phi) is 3.33. The fourth-order valence-electron chi connectivity index (χ4n) is 1.72. The average molecular weight is 232 g/mol. The van der Waals surface area contributed by atoms with Gasteiger partial charge in [0.15, 0.2) is 0 Å². The molecule has 1 fully saturated rings. The van der Waals surface area contributed by atoms with Crippen molar-refractivity contribution in [2.45, 2.75) is 25.8 Å². The quantitative estimate of drug-likeness (QED) is 0.848. The van der Waals surface area contributed by atoms with Crippen LogP contribution in [0.25, 0.3) is 0 Å². The first-order valence-corrected chi connectivity index (χ1v) is 5.30. The van der Waals surface area contributed by atoms with Crippen LogP contribution in [0.15, 0.2) is 4.42 Å². The third-order valence-corrected chi connectivity index (χ3v) is 2.64. The highest BCUT2D eigenvalue weighted by molar-refractivity contribution is 5.26. The Morgan fingerprint density at radius 1 is 1.56 bits per heavy atom. The van der Waals surface area contributed by atoms with Crippen LogP contribution in [-0.2, 0) is 0 Å². The lowest BCUT2D eigenvalue weighted by molar-refractivity contribution is 0.115. The summed E-state index contributed by atoms with van der Waals surface area (Å²) in [7, 11) is 0. The Bertz CT molecular complexity index is 344. The third kappa shape index (κ3) is 2.29. The maximum Gasteiger partial charge on any atom is 0.318 e. The molecule has 0 aromatic carbocycles. The number of halogens is 2. The van der Waals surface area contributed by atoms with Gasteiger partial charge >= 0.3 is 12.4 Å². The molecule has 1 aliphatic rings. The smallest absolute Gasteiger partial charge is 0.318 e. The van der Waals surface area contributed by atoms with Gasteiger partial charge in [-0.1, -0.05) is 12.0 Å². The van der Waals surface area contributed by atoms with Crippen molar-refractivity contribution in [1.29, 1.82) is 0 Å². The van der Waals surface area contributed by atoms with Crippen molar-refractivity contribution >= 4 is 6.01 Å². The van der Waals surface area contributed by atoms with Crippen molar-refractivity contribution in [3.63, 3.8) is 0 Å². The minimum absolute atomic E-state index is 0.190. The second-order valence-corrected chi connectivity index (χ2v) is 3.73. The molecule has 0 radical (unpaired) electrons. The van der Waals surface area contributed by atoms with Crippen LogP contribution in [0, 0.1) is 0 Å². The number of aromatic nitrogens is 2. The van der Waals surface area contributed by atoms with E-state index in [0.717, 1.165) is 13.0 Å². The van der Waals surface area contributed by atoms with Gasteiger partial charge in [0.25, 0.3) is 5.89 Å². The SMILES string of the molecule is CCC1CN(c2nnc(C(F)F)o2)CCN1. The van der Waals surface area contributed by atoms with Crippen molar-refractivity contribution in [1.82, 2.24) is 15.5 Å². The van der Waals surface area contributed by atoms with Crippen LogP contribution >= 0.6 is 0 Å². The highest BCUT2D eigenvalue weighted by Crippen LogP contribution is 2.21. The molecule has 2 rings (SSSR count). The first-order valence-electron chi connectivity index (χ1n) is 5.30. The lowest BCUT2D eigenvalue weighted by Gasteiger charge is -2.31. The Morgan fingerprint density at radius 3 is 3.00 bits per heavy atom. The van der Waals surface area contributed by atoms with E-state index >= 15 is 0 Å². The second kappa shape index (κ2) is 4.73. The largest absolute Gasteiger partial charge is 0.402 e. The zero-order valence-corrected chi connectivity index (χ0v) is 8.99. The number of rotatable bonds is 3. The maximum atomic E-state index is 12.3. The Labute approximate surface area is 91.8 Å². The van der Waals surface area contributed by atoms with Crippen molar-refractivity contribution in [3.05, 3.63) is 5.89 Å². The van der Waals surface area contributed by atoms with E-state index in [4.69, 9.17) is 4.42 Å². The van der Waals surface area contributed by atoms with E-state index in [1.54, 1.807) is 0 Å². The molecule has 7 heteroatoms. The molecule has 1 atom stereocenters. The monoisotopic (exact) mass is 232 g/mol. The molecule has 90 valence electrons. The molecule has 2 heterocycles. The predicted octanol–water partition coefficient (Wildman–Crippen LogP) is 1.20.